The number of anilines is 1. The number of pyridine rings is 1. The normalized spacial score (nSPS) is 28.2. The zero-order chi connectivity index (χ0) is 22.4. The predicted octanol–water partition coefficient (Wildman–Crippen LogP) is 3.40. The summed E-state index contributed by atoms with van der Waals surface area (Å²) in [7, 11) is 0. The Balaban J connectivity index is 1.50. The van der Waals surface area contributed by atoms with Crippen molar-refractivity contribution in [3.05, 3.63) is 22.3 Å². The van der Waals surface area contributed by atoms with Crippen LogP contribution in [0.5, 0.6) is 0 Å². The van der Waals surface area contributed by atoms with Crippen molar-refractivity contribution in [2.24, 2.45) is 5.41 Å². The fourth-order valence-electron chi connectivity index (χ4n) is 4.48. The molecule has 0 unspecified atom stereocenters. The summed E-state index contributed by atoms with van der Waals surface area (Å²) in [5, 5.41) is 3.00. The molecule has 0 aromatic carbocycles. The molecular weight excluding hydrogens is 464 g/mol. The van der Waals surface area contributed by atoms with Crippen molar-refractivity contribution in [1.82, 2.24) is 14.8 Å². The van der Waals surface area contributed by atoms with E-state index in [2.05, 4.69) is 38.1 Å². The van der Waals surface area contributed by atoms with E-state index in [-0.39, 0.29) is 17.4 Å². The van der Waals surface area contributed by atoms with E-state index in [1.54, 1.807) is 4.90 Å². The van der Waals surface area contributed by atoms with E-state index in [0.29, 0.717) is 36.6 Å². The number of carbonyl (C=O) groups is 2. The molecule has 0 bridgehead atoms. The molecule has 3 aliphatic rings. The fraction of sp³-hybridized carbons (Fsp3) is 0.682. The zero-order valence-electron chi connectivity index (χ0n) is 18.6. The molecule has 4 rings (SSSR count). The van der Waals surface area contributed by atoms with Gasteiger partial charge in [-0.1, -0.05) is 13.0 Å². The Morgan fingerprint density at radius 2 is 2.00 bits per heavy atom. The highest BCUT2D eigenvalue weighted by atomic mass is 79.9. The monoisotopic (exact) mass is 494 g/mol. The Labute approximate surface area is 191 Å². The molecule has 170 valence electrons. The van der Waals surface area contributed by atoms with Crippen LogP contribution in [0.2, 0.25) is 0 Å². The minimum absolute atomic E-state index is 0.0136. The first-order chi connectivity index (χ1) is 14.6. The number of likely N-dealkylation sites (tertiary alicyclic amines) is 1. The highest BCUT2D eigenvalue weighted by molar-refractivity contribution is 9.10. The van der Waals surface area contributed by atoms with Crippen molar-refractivity contribution in [2.45, 2.75) is 64.8 Å². The van der Waals surface area contributed by atoms with E-state index in [4.69, 9.17) is 9.47 Å². The number of rotatable bonds is 4. The average Bonchev–Trinajstić information content (AvgIpc) is 3.23. The molecule has 1 aliphatic carbocycles. The molecule has 2 amide bonds. The molecule has 1 N–H and O–H groups in total. The van der Waals surface area contributed by atoms with Gasteiger partial charge in [-0.15, -0.1) is 0 Å². The Hall–Kier alpha value is -1.71. The molecule has 9 heteroatoms. The summed E-state index contributed by atoms with van der Waals surface area (Å²) in [5.74, 6) is 0.314. The van der Waals surface area contributed by atoms with Gasteiger partial charge in [-0.05, 0) is 61.0 Å². The summed E-state index contributed by atoms with van der Waals surface area (Å²) in [6.07, 6.45) is 1.12. The SMILES string of the molecule is CC(C)(C)OC(=O)N1[C@H](C(=O)Nc2nc(Br)ccc2CN2CCOCC2)C[C@@]2(C)C[C@@H]12. The van der Waals surface area contributed by atoms with Crippen LogP contribution < -0.4 is 5.32 Å². The highest BCUT2D eigenvalue weighted by Gasteiger charge is 2.65. The van der Waals surface area contributed by atoms with Crippen LogP contribution in [0.4, 0.5) is 10.6 Å². The summed E-state index contributed by atoms with van der Waals surface area (Å²) < 4.78 is 11.7. The van der Waals surface area contributed by atoms with Crippen LogP contribution in [-0.2, 0) is 20.8 Å². The second-order valence-corrected chi connectivity index (χ2v) is 10.8. The number of aromatic nitrogens is 1. The maximum absolute atomic E-state index is 13.3. The standard InChI is InChI=1S/C22H31BrN4O4/c1-21(2,3)31-20(29)27-15(11-22(4)12-16(22)27)19(28)25-18-14(5-6-17(23)24-18)13-26-7-9-30-10-8-26/h5-6,15-16H,7-13H2,1-4H3,(H,24,25,28)/t15-,16+,22-/m0/s1. The van der Waals surface area contributed by atoms with E-state index in [1.807, 2.05) is 32.9 Å². The van der Waals surface area contributed by atoms with E-state index in [0.717, 1.165) is 25.1 Å². The quantitative estimate of drug-likeness (QED) is 0.645. The van der Waals surface area contributed by atoms with Crippen molar-refractivity contribution < 1.29 is 19.1 Å². The minimum atomic E-state index is -0.608. The molecule has 3 atom stereocenters. The summed E-state index contributed by atoms with van der Waals surface area (Å²) in [4.78, 5) is 34.6. The number of fused-ring (bicyclic) bond motifs is 1. The molecule has 0 spiro atoms. The van der Waals surface area contributed by atoms with Crippen molar-refractivity contribution in [3.8, 4) is 0 Å². The number of nitrogens with zero attached hydrogens (tertiary/aromatic N) is 3. The third-order valence-electron chi connectivity index (χ3n) is 6.23. The van der Waals surface area contributed by atoms with E-state index >= 15 is 0 Å². The summed E-state index contributed by atoms with van der Waals surface area (Å²) in [6, 6.07) is 3.35. The maximum atomic E-state index is 13.3. The van der Waals surface area contributed by atoms with Gasteiger partial charge in [0.15, 0.2) is 0 Å². The fourth-order valence-corrected chi connectivity index (χ4v) is 4.79. The lowest BCUT2D eigenvalue weighted by Crippen LogP contribution is -2.47. The lowest BCUT2D eigenvalue weighted by Gasteiger charge is -2.30. The average molecular weight is 495 g/mol. The van der Waals surface area contributed by atoms with Gasteiger partial charge in [0.2, 0.25) is 5.91 Å². The predicted molar refractivity (Wildman–Crippen MR) is 120 cm³/mol. The van der Waals surface area contributed by atoms with Crippen LogP contribution in [0.1, 0.15) is 46.1 Å². The molecule has 1 saturated carbocycles. The first-order valence-electron chi connectivity index (χ1n) is 10.8. The zero-order valence-corrected chi connectivity index (χ0v) is 20.2. The van der Waals surface area contributed by atoms with Crippen molar-refractivity contribution >= 4 is 33.7 Å². The maximum Gasteiger partial charge on any atom is 0.411 e. The first-order valence-corrected chi connectivity index (χ1v) is 11.6. The molecule has 2 saturated heterocycles. The molecule has 8 nitrogen and oxygen atoms in total. The van der Waals surface area contributed by atoms with E-state index in [1.165, 1.54) is 0 Å². The minimum Gasteiger partial charge on any atom is -0.444 e. The Morgan fingerprint density at radius 1 is 1.29 bits per heavy atom. The third-order valence-corrected chi connectivity index (χ3v) is 6.67. The van der Waals surface area contributed by atoms with Crippen molar-refractivity contribution in [1.29, 1.82) is 0 Å². The molecule has 0 radical (unpaired) electrons. The second kappa shape index (κ2) is 8.33. The van der Waals surface area contributed by atoms with Crippen molar-refractivity contribution in [2.75, 3.05) is 31.6 Å². The third kappa shape index (κ3) is 5.04. The van der Waals surface area contributed by atoms with Gasteiger partial charge in [0.05, 0.1) is 13.2 Å². The van der Waals surface area contributed by atoms with Gasteiger partial charge in [-0.3, -0.25) is 14.6 Å². The van der Waals surface area contributed by atoms with Crippen LogP contribution in [0, 0.1) is 5.41 Å². The summed E-state index contributed by atoms with van der Waals surface area (Å²) in [5.41, 5.74) is 0.320. The van der Waals surface area contributed by atoms with E-state index < -0.39 is 17.7 Å². The number of hydrogen-bond donors (Lipinski definition) is 1. The van der Waals surface area contributed by atoms with Crippen LogP contribution in [0.3, 0.4) is 0 Å². The largest absolute Gasteiger partial charge is 0.444 e. The number of halogens is 1. The van der Waals surface area contributed by atoms with Gasteiger partial charge in [0, 0.05) is 31.2 Å². The number of ether oxygens (including phenoxy) is 2. The number of piperidine rings is 1. The number of nitrogens with one attached hydrogen (secondary N) is 1. The topological polar surface area (TPSA) is 84.0 Å². The Kier molecular flexibility index (Phi) is 6.04. The Morgan fingerprint density at radius 3 is 2.68 bits per heavy atom. The first kappa shape index (κ1) is 22.5. The van der Waals surface area contributed by atoms with E-state index in [9.17, 15) is 9.59 Å². The van der Waals surface area contributed by atoms with Gasteiger partial charge in [0.25, 0.3) is 0 Å². The van der Waals surface area contributed by atoms with Crippen LogP contribution >= 0.6 is 15.9 Å². The number of carbonyl (C=O) groups excluding carboxylic acids is 2. The smallest absolute Gasteiger partial charge is 0.411 e. The van der Waals surface area contributed by atoms with Crippen molar-refractivity contribution in [3.63, 3.8) is 0 Å². The number of morpholine rings is 1. The summed E-state index contributed by atoms with van der Waals surface area (Å²) >= 11 is 3.41. The molecule has 1 aromatic rings. The molecule has 1 aromatic heterocycles. The molecular formula is C22H31BrN4O4. The molecule has 3 fully saturated rings. The molecule has 31 heavy (non-hydrogen) atoms. The lowest BCUT2D eigenvalue weighted by atomic mass is 10.0. The molecule has 2 aliphatic heterocycles. The van der Waals surface area contributed by atoms with Gasteiger partial charge in [0.1, 0.15) is 22.1 Å². The Bertz CT molecular complexity index is 868. The number of amides is 2. The second-order valence-electron chi connectivity index (χ2n) is 10.0. The van der Waals surface area contributed by atoms with Gasteiger partial charge >= 0.3 is 6.09 Å². The van der Waals surface area contributed by atoms with Gasteiger partial charge in [-0.2, -0.15) is 0 Å². The van der Waals surface area contributed by atoms with Gasteiger partial charge in [-0.25, -0.2) is 9.78 Å². The van der Waals surface area contributed by atoms with Crippen LogP contribution in [-0.4, -0.2) is 70.8 Å². The van der Waals surface area contributed by atoms with Crippen LogP contribution in [0.15, 0.2) is 16.7 Å². The summed E-state index contributed by atoms with van der Waals surface area (Å²) in [6.45, 7) is 11.4. The lowest BCUT2D eigenvalue weighted by molar-refractivity contribution is -0.121. The van der Waals surface area contributed by atoms with Crippen LogP contribution in [0.25, 0.3) is 0 Å². The highest BCUT2D eigenvalue weighted by Crippen LogP contribution is 2.59. The van der Waals surface area contributed by atoms with Gasteiger partial charge < -0.3 is 14.8 Å². The molecule has 3 heterocycles. The number of hydrogen-bond acceptors (Lipinski definition) is 6.